The molecule has 0 fully saturated rings. The van der Waals surface area contributed by atoms with E-state index in [-0.39, 0.29) is 76.6 Å². The third kappa shape index (κ3) is 15.9. The number of halogens is 9. The minimum Gasteiger partial charge on any atom is -1.00 e. The van der Waals surface area contributed by atoms with Crippen LogP contribution in [0.5, 0.6) is 0 Å². The number of hydrogen-bond acceptors (Lipinski definition) is 1. The van der Waals surface area contributed by atoms with E-state index in [0.29, 0.717) is 0 Å². The predicted molar refractivity (Wildman–Crippen MR) is 350 cm³/mol. The maximum absolute atomic E-state index is 2.48. The number of benzene rings is 5. The third-order valence-corrected chi connectivity index (χ3v) is 17.6. The summed E-state index contributed by atoms with van der Waals surface area (Å²) in [5.41, 5.74) is 15.1. The van der Waals surface area contributed by atoms with E-state index in [2.05, 4.69) is 371 Å². The smallest absolute Gasteiger partial charge is 0.211 e. The lowest BCUT2D eigenvalue weighted by molar-refractivity contribution is -0.403. The van der Waals surface area contributed by atoms with Crippen molar-refractivity contribution >= 4 is 170 Å². The molecule has 5 aromatic carbocycles. The lowest BCUT2D eigenvalue weighted by Crippen LogP contribution is -3.00. The van der Waals surface area contributed by atoms with Gasteiger partial charge in [0.15, 0.2) is 11.4 Å². The summed E-state index contributed by atoms with van der Waals surface area (Å²) in [5, 5.41) is 0. The fourth-order valence-electron chi connectivity index (χ4n) is 9.35. The van der Waals surface area contributed by atoms with Gasteiger partial charge in [-0.25, -0.2) is 4.58 Å². The van der Waals surface area contributed by atoms with Crippen molar-refractivity contribution in [2.45, 2.75) is 71.1 Å². The summed E-state index contributed by atoms with van der Waals surface area (Å²) in [6.45, 7) is 16.1. The van der Waals surface area contributed by atoms with Crippen LogP contribution < -0.4 is 65.3 Å². The molecule has 3 aliphatic heterocycles. The zero-order valence-electron chi connectivity index (χ0n) is 42.2. The molecule has 0 aliphatic carbocycles. The topological polar surface area (TPSA) is 9.26 Å². The summed E-state index contributed by atoms with van der Waals surface area (Å²) in [7, 11) is 6.51. The largest absolute Gasteiger partial charge is 1.00 e. The number of likely N-dealkylation sites (N-methyl/N-ethyl adjacent to an activating group) is 1. The maximum atomic E-state index is 2.48. The van der Waals surface area contributed by atoms with Gasteiger partial charge >= 0.3 is 0 Å². The minimum absolute atomic E-state index is 0. The fraction of sp³-hybridized carbons (Fsp3) is 0.233. The van der Waals surface area contributed by atoms with Crippen LogP contribution >= 0.6 is 136 Å². The first-order chi connectivity index (χ1) is 32.7. The summed E-state index contributed by atoms with van der Waals surface area (Å²) >= 11 is 14.6. The first-order valence-electron chi connectivity index (χ1n) is 22.9. The highest BCUT2D eigenvalue weighted by Gasteiger charge is 2.45. The zero-order valence-corrected chi connectivity index (χ0v) is 60.2. The third-order valence-electron chi connectivity index (χ3n) is 13.2. The van der Waals surface area contributed by atoms with Gasteiger partial charge in [0.05, 0.1) is 22.0 Å². The molecule has 0 unspecified atom stereocenters. The molecule has 3 heterocycles. The maximum Gasteiger partial charge on any atom is 0.211 e. The number of anilines is 1. The van der Waals surface area contributed by atoms with Gasteiger partial charge in [-0.05, 0) is 211 Å². The van der Waals surface area contributed by atoms with Crippen molar-refractivity contribution in [2.75, 3.05) is 26.0 Å². The Morgan fingerprint density at radius 1 is 0.514 bits per heavy atom. The van der Waals surface area contributed by atoms with Gasteiger partial charge in [-0.1, -0.05) is 141 Å². The fourth-order valence-corrected chi connectivity index (χ4v) is 16.8. The van der Waals surface area contributed by atoms with Crippen LogP contribution in [-0.2, 0) is 22.7 Å². The Hall–Kier alpha value is -0.450. The van der Waals surface area contributed by atoms with Crippen LogP contribution in [0.3, 0.4) is 0 Å². The van der Waals surface area contributed by atoms with Crippen molar-refractivity contribution < 1.29 is 69.5 Å². The molecular formula is C60H61ClI8N3-. The van der Waals surface area contributed by atoms with Gasteiger partial charge in [-0.3, -0.25) is 0 Å². The molecule has 5 aromatic rings. The average molecular weight is 1870 g/mol. The molecule has 0 atom stereocenters. The van der Waals surface area contributed by atoms with E-state index in [9.17, 15) is 0 Å². The van der Waals surface area contributed by atoms with Crippen LogP contribution in [0.25, 0.3) is 6.08 Å². The van der Waals surface area contributed by atoms with E-state index in [0.717, 1.165) is 6.42 Å². The Morgan fingerprint density at radius 3 is 1.56 bits per heavy atom. The van der Waals surface area contributed by atoms with Gasteiger partial charge in [0.2, 0.25) is 11.4 Å². The highest BCUT2D eigenvalue weighted by Crippen LogP contribution is 2.49. The number of hydrogen-bond donors (Lipinski definition) is 0. The molecule has 8 rings (SSSR count). The monoisotopic (exact) mass is 1870 g/mol. The number of fused-ring (bicyclic) bond motifs is 3. The van der Waals surface area contributed by atoms with Crippen molar-refractivity contribution in [3.05, 3.63) is 225 Å². The minimum atomic E-state index is -0.0154. The molecule has 0 N–H and O–H groups in total. The molecule has 0 spiro atoms. The Morgan fingerprint density at radius 2 is 0.972 bits per heavy atom. The molecular weight excluding hydrogens is 1810 g/mol. The SMILES string of the molecule is C(=C\C=C\c1ccccc1)/C=C/Cc1ccccc1.CC1=[N+](C)c2cc(I)cc(I)c2C1(C)C.CN1\C(=C/C=C/C=C/C=C/C2=[N+](C)c3cc(I)cc(I)c3C2(C)C)C(C)(C)c2c(I)cc(I)cc21.[Cl-].[I-].[I-]. The van der Waals surface area contributed by atoms with Gasteiger partial charge in [-0.2, -0.15) is 4.58 Å². The van der Waals surface area contributed by atoms with Gasteiger partial charge in [0.25, 0.3) is 0 Å². The van der Waals surface area contributed by atoms with E-state index in [1.807, 2.05) is 24.3 Å². The second kappa shape index (κ2) is 29.5. The highest BCUT2D eigenvalue weighted by molar-refractivity contribution is 14.1. The van der Waals surface area contributed by atoms with Gasteiger partial charge < -0.3 is 65.3 Å². The van der Waals surface area contributed by atoms with E-state index in [1.54, 1.807) is 0 Å². The number of rotatable bonds is 9. The number of allylic oxidation sites excluding steroid dienone is 13. The van der Waals surface area contributed by atoms with Gasteiger partial charge in [0, 0.05) is 76.0 Å². The summed E-state index contributed by atoms with van der Waals surface area (Å²) in [6.07, 6.45) is 28.7. The van der Waals surface area contributed by atoms with Crippen LogP contribution in [-0.4, -0.2) is 41.7 Å². The predicted octanol–water partition coefficient (Wildman–Crippen LogP) is 9.08. The summed E-state index contributed by atoms with van der Waals surface area (Å²) < 4.78 is 12.6. The quantitative estimate of drug-likeness (QED) is 0.0814. The zero-order chi connectivity index (χ0) is 50.3. The van der Waals surface area contributed by atoms with Crippen LogP contribution in [0.1, 0.15) is 76.3 Å². The van der Waals surface area contributed by atoms with Crippen molar-refractivity contribution in [3.63, 3.8) is 0 Å². The molecule has 12 heteroatoms. The second-order valence-corrected chi connectivity index (χ2v) is 26.0. The first kappa shape index (κ1) is 65.8. The molecule has 3 aliphatic rings. The average Bonchev–Trinajstić information content (AvgIpc) is 3.69. The summed E-state index contributed by atoms with van der Waals surface area (Å²) in [4.78, 5) is 2.34. The molecule has 0 amide bonds. The molecule has 0 saturated heterocycles. The van der Waals surface area contributed by atoms with E-state index in [1.165, 1.54) is 83.4 Å². The lowest BCUT2D eigenvalue weighted by atomic mass is 9.81. The first-order valence-corrected chi connectivity index (χ1v) is 29.4. The van der Waals surface area contributed by atoms with Crippen molar-refractivity contribution in [1.29, 1.82) is 0 Å². The van der Waals surface area contributed by atoms with Crippen LogP contribution in [0.4, 0.5) is 17.1 Å². The van der Waals surface area contributed by atoms with E-state index >= 15 is 0 Å². The van der Waals surface area contributed by atoms with E-state index in [4.69, 9.17) is 0 Å². The Kier molecular flexibility index (Phi) is 27.0. The van der Waals surface area contributed by atoms with Crippen LogP contribution in [0.2, 0.25) is 0 Å². The Bertz CT molecular complexity index is 2990. The summed E-state index contributed by atoms with van der Waals surface area (Å²) in [6, 6.07) is 34.4. The molecule has 0 saturated carbocycles. The van der Waals surface area contributed by atoms with E-state index < -0.39 is 0 Å². The normalized spacial score (nSPS) is 16.5. The number of nitrogens with zero attached hydrogens (tertiary/aromatic N) is 3. The molecule has 72 heavy (non-hydrogen) atoms. The molecule has 380 valence electrons. The van der Waals surface area contributed by atoms with Crippen molar-refractivity contribution in [1.82, 2.24) is 0 Å². The van der Waals surface area contributed by atoms with Crippen LogP contribution in [0.15, 0.2) is 176 Å². The van der Waals surface area contributed by atoms with Crippen molar-refractivity contribution in [3.8, 4) is 0 Å². The van der Waals surface area contributed by atoms with Crippen LogP contribution in [0, 0.1) is 21.4 Å². The standard InChI is InChI=1S/C29H29I4N2.C19H18.C12H14I2N.ClH.2HI/c1-28(2)24(34(5)22-16-18(30)14-20(32)26(22)28)12-10-8-7-9-11-13-25-29(3,4)27-21(33)15-19(31)17-23(27)35(25)6;1(2-6-12-18-14-8-4-9-15-18)3-7-13-19-16-10-5-11-17-19;1-7-12(2,3)11-9(14)5-8(13)6-10(11)15(7)4;;;/h7-17H,1-6H3;1-12,14-17H,13H2;5-6H,1-4H3;3*1H/q+1;;+1;;;/p-3/b;2-1+,7-3+,12-6+;;;;. The van der Waals surface area contributed by atoms with Crippen molar-refractivity contribution in [2.24, 2.45) is 0 Å². The molecule has 0 radical (unpaired) electrons. The second-order valence-electron chi connectivity index (χ2n) is 18.8. The summed E-state index contributed by atoms with van der Waals surface area (Å²) in [5.74, 6) is 0. The van der Waals surface area contributed by atoms with Gasteiger partial charge in [-0.15, -0.1) is 0 Å². The highest BCUT2D eigenvalue weighted by atomic mass is 127. The molecule has 0 bridgehead atoms. The Labute approximate surface area is 553 Å². The van der Waals surface area contributed by atoms with Gasteiger partial charge in [0.1, 0.15) is 14.1 Å². The molecule has 3 nitrogen and oxygen atoms in total. The molecule has 0 aromatic heterocycles. The Balaban J connectivity index is 0.000000312. The lowest BCUT2D eigenvalue weighted by Gasteiger charge is -2.24.